The summed E-state index contributed by atoms with van der Waals surface area (Å²) in [5.74, 6) is 1.83. The number of rotatable bonds is 8. The van der Waals surface area contributed by atoms with Gasteiger partial charge in [-0.1, -0.05) is 54.6 Å². The summed E-state index contributed by atoms with van der Waals surface area (Å²) in [6.45, 7) is 3.05. The number of piperazine rings is 1. The van der Waals surface area contributed by atoms with Crippen molar-refractivity contribution < 1.29 is 14.3 Å². The summed E-state index contributed by atoms with van der Waals surface area (Å²) in [4.78, 5) is 17.6. The molecule has 0 aromatic heterocycles. The summed E-state index contributed by atoms with van der Waals surface area (Å²) in [7, 11) is 3.34. The summed E-state index contributed by atoms with van der Waals surface area (Å²) in [5.41, 5.74) is 4.47. The minimum atomic E-state index is 0.167. The van der Waals surface area contributed by atoms with Crippen LogP contribution in [-0.2, 0) is 11.2 Å². The Morgan fingerprint density at radius 1 is 0.824 bits per heavy atom. The highest BCUT2D eigenvalue weighted by Crippen LogP contribution is 2.25. The first kappa shape index (κ1) is 23.4. The Bertz CT molecular complexity index is 1100. The fourth-order valence-corrected chi connectivity index (χ4v) is 4.25. The third kappa shape index (κ3) is 5.98. The Hall–Kier alpha value is -3.73. The van der Waals surface area contributed by atoms with Crippen LogP contribution in [-0.4, -0.2) is 51.2 Å². The van der Waals surface area contributed by atoms with Gasteiger partial charge in [0.05, 0.1) is 20.6 Å². The number of carbonyl (C=O) groups excluding carboxylic acids is 1. The van der Waals surface area contributed by atoms with Crippen molar-refractivity contribution in [2.45, 2.75) is 12.8 Å². The lowest BCUT2D eigenvalue weighted by molar-refractivity contribution is -0.130. The summed E-state index contributed by atoms with van der Waals surface area (Å²) in [6.07, 6.45) is 3.36. The highest BCUT2D eigenvalue weighted by Gasteiger charge is 2.22. The highest BCUT2D eigenvalue weighted by atomic mass is 16.5. The Labute approximate surface area is 202 Å². The number of nitrogens with zero attached hydrogens (tertiary/aromatic N) is 2. The number of methoxy groups -OCH3 is 2. The zero-order valence-electron chi connectivity index (χ0n) is 19.9. The van der Waals surface area contributed by atoms with Crippen LogP contribution >= 0.6 is 0 Å². The molecule has 0 saturated carbocycles. The topological polar surface area (TPSA) is 42.0 Å². The number of amides is 1. The molecular weight excluding hydrogens is 424 g/mol. The lowest BCUT2D eigenvalue weighted by Crippen LogP contribution is -2.48. The number of benzene rings is 3. The first-order chi connectivity index (χ1) is 16.7. The fraction of sp³-hybridized carbons (Fsp3) is 0.276. The van der Waals surface area contributed by atoms with E-state index in [1.165, 1.54) is 5.56 Å². The van der Waals surface area contributed by atoms with Gasteiger partial charge >= 0.3 is 0 Å². The Kier molecular flexibility index (Phi) is 7.87. The molecule has 0 radical (unpaired) electrons. The standard InChI is InChI=1S/C29H32N2O3/c1-33-27-15-13-24(14-16-27)25(12-11-23-7-4-3-5-8-23)21-29(32)31-19-17-30(18-20-31)26-9-6-10-28(22-26)34-2/h3-10,12-16,22H,11,17-21H2,1-2H3/b25-12-. The van der Waals surface area contributed by atoms with Crippen molar-refractivity contribution in [3.8, 4) is 11.5 Å². The van der Waals surface area contributed by atoms with Crippen LogP contribution in [0.4, 0.5) is 5.69 Å². The molecule has 1 heterocycles. The monoisotopic (exact) mass is 456 g/mol. The van der Waals surface area contributed by atoms with Crippen LogP contribution < -0.4 is 14.4 Å². The molecule has 0 atom stereocenters. The molecule has 1 fully saturated rings. The summed E-state index contributed by atoms with van der Waals surface area (Å²) in [6, 6.07) is 26.4. The van der Waals surface area contributed by atoms with Gasteiger partial charge < -0.3 is 19.3 Å². The molecule has 1 saturated heterocycles. The molecule has 3 aromatic carbocycles. The van der Waals surface area contributed by atoms with Crippen molar-refractivity contribution in [2.24, 2.45) is 0 Å². The van der Waals surface area contributed by atoms with E-state index in [9.17, 15) is 4.79 Å². The first-order valence-corrected chi connectivity index (χ1v) is 11.7. The highest BCUT2D eigenvalue weighted by molar-refractivity contribution is 5.89. The van der Waals surface area contributed by atoms with Gasteiger partial charge in [0.2, 0.25) is 5.91 Å². The van der Waals surface area contributed by atoms with Gasteiger partial charge in [-0.05, 0) is 47.4 Å². The molecule has 0 spiro atoms. The van der Waals surface area contributed by atoms with Gasteiger partial charge in [-0.3, -0.25) is 4.79 Å². The van der Waals surface area contributed by atoms with Gasteiger partial charge in [0.25, 0.3) is 0 Å². The van der Waals surface area contributed by atoms with Gasteiger partial charge in [0.1, 0.15) is 11.5 Å². The molecular formula is C29H32N2O3. The number of ether oxygens (including phenoxy) is 2. The number of allylic oxidation sites excluding steroid dienone is 1. The van der Waals surface area contributed by atoms with E-state index in [-0.39, 0.29) is 5.91 Å². The van der Waals surface area contributed by atoms with Gasteiger partial charge in [-0.25, -0.2) is 0 Å². The lowest BCUT2D eigenvalue weighted by atomic mass is 9.99. The SMILES string of the molecule is COc1ccc(/C(=C\Cc2ccccc2)CC(=O)N2CCN(c3cccc(OC)c3)CC2)cc1. The van der Waals surface area contributed by atoms with Crippen molar-refractivity contribution in [2.75, 3.05) is 45.3 Å². The molecule has 3 aromatic rings. The summed E-state index contributed by atoms with van der Waals surface area (Å²) < 4.78 is 10.7. The second-order valence-electron chi connectivity index (χ2n) is 8.39. The molecule has 1 amide bonds. The van der Waals surface area contributed by atoms with Crippen LogP contribution in [0.2, 0.25) is 0 Å². The van der Waals surface area contributed by atoms with Crippen molar-refractivity contribution in [1.29, 1.82) is 0 Å². The normalized spacial score (nSPS) is 14.1. The van der Waals surface area contributed by atoms with E-state index in [1.54, 1.807) is 14.2 Å². The third-order valence-electron chi connectivity index (χ3n) is 6.28. The van der Waals surface area contributed by atoms with Crippen molar-refractivity contribution in [3.05, 3.63) is 96.1 Å². The van der Waals surface area contributed by atoms with E-state index in [0.29, 0.717) is 19.5 Å². The number of hydrogen-bond acceptors (Lipinski definition) is 4. The molecule has 0 aliphatic carbocycles. The zero-order valence-corrected chi connectivity index (χ0v) is 19.9. The van der Waals surface area contributed by atoms with E-state index < -0.39 is 0 Å². The maximum Gasteiger partial charge on any atom is 0.227 e. The van der Waals surface area contributed by atoms with Gasteiger partial charge in [-0.15, -0.1) is 0 Å². The average molecular weight is 457 g/mol. The van der Waals surface area contributed by atoms with E-state index >= 15 is 0 Å². The molecule has 5 nitrogen and oxygen atoms in total. The Balaban J connectivity index is 1.43. The minimum absolute atomic E-state index is 0.167. The smallest absolute Gasteiger partial charge is 0.227 e. The zero-order chi connectivity index (χ0) is 23.8. The van der Waals surface area contributed by atoms with Gasteiger partial charge in [0.15, 0.2) is 0 Å². The predicted molar refractivity (Wildman–Crippen MR) is 138 cm³/mol. The molecule has 0 N–H and O–H groups in total. The molecule has 1 aliphatic rings. The third-order valence-corrected chi connectivity index (χ3v) is 6.28. The van der Waals surface area contributed by atoms with Crippen LogP contribution in [0.15, 0.2) is 84.9 Å². The molecule has 0 bridgehead atoms. The van der Waals surface area contributed by atoms with E-state index in [0.717, 1.165) is 47.8 Å². The minimum Gasteiger partial charge on any atom is -0.497 e. The average Bonchev–Trinajstić information content (AvgIpc) is 2.91. The summed E-state index contributed by atoms with van der Waals surface area (Å²) in [5, 5.41) is 0. The summed E-state index contributed by atoms with van der Waals surface area (Å²) >= 11 is 0. The fourth-order valence-electron chi connectivity index (χ4n) is 4.25. The van der Waals surface area contributed by atoms with E-state index in [2.05, 4.69) is 29.2 Å². The molecule has 34 heavy (non-hydrogen) atoms. The van der Waals surface area contributed by atoms with E-state index in [4.69, 9.17) is 9.47 Å². The van der Waals surface area contributed by atoms with Gasteiger partial charge in [0, 0.05) is 37.9 Å². The second-order valence-corrected chi connectivity index (χ2v) is 8.39. The Morgan fingerprint density at radius 2 is 1.53 bits per heavy atom. The van der Waals surface area contributed by atoms with Crippen LogP contribution in [0.1, 0.15) is 17.5 Å². The second kappa shape index (κ2) is 11.4. The first-order valence-electron chi connectivity index (χ1n) is 11.7. The van der Waals surface area contributed by atoms with Crippen molar-refractivity contribution >= 4 is 17.2 Å². The molecule has 4 rings (SSSR count). The van der Waals surface area contributed by atoms with Crippen LogP contribution in [0, 0.1) is 0 Å². The molecule has 1 aliphatic heterocycles. The van der Waals surface area contributed by atoms with Gasteiger partial charge in [-0.2, -0.15) is 0 Å². The van der Waals surface area contributed by atoms with E-state index in [1.807, 2.05) is 65.6 Å². The van der Waals surface area contributed by atoms with Crippen LogP contribution in [0.25, 0.3) is 5.57 Å². The maximum atomic E-state index is 13.3. The lowest BCUT2D eigenvalue weighted by Gasteiger charge is -2.36. The van der Waals surface area contributed by atoms with Crippen molar-refractivity contribution in [3.63, 3.8) is 0 Å². The van der Waals surface area contributed by atoms with Crippen LogP contribution in [0.3, 0.4) is 0 Å². The molecule has 176 valence electrons. The van der Waals surface area contributed by atoms with Crippen LogP contribution in [0.5, 0.6) is 11.5 Å². The number of anilines is 1. The molecule has 0 unspecified atom stereocenters. The Morgan fingerprint density at radius 3 is 2.21 bits per heavy atom. The molecule has 5 heteroatoms. The maximum absolute atomic E-state index is 13.3. The number of hydrogen-bond donors (Lipinski definition) is 0. The quantitative estimate of drug-likeness (QED) is 0.475. The van der Waals surface area contributed by atoms with Crippen molar-refractivity contribution in [1.82, 2.24) is 4.90 Å². The predicted octanol–water partition coefficient (Wildman–Crippen LogP) is 5.07. The number of carbonyl (C=O) groups is 1. The largest absolute Gasteiger partial charge is 0.497 e.